The van der Waals surface area contributed by atoms with Gasteiger partial charge in [0.2, 0.25) is 11.7 Å². The highest BCUT2D eigenvalue weighted by Crippen LogP contribution is 2.27. The number of aromatic nitrogens is 2. The Balaban J connectivity index is 1.33. The second kappa shape index (κ2) is 6.87. The number of urea groups is 1. The van der Waals surface area contributed by atoms with E-state index >= 15 is 0 Å². The third-order valence-electron chi connectivity index (χ3n) is 4.11. The van der Waals surface area contributed by atoms with Gasteiger partial charge in [-0.05, 0) is 23.8 Å². The molecule has 26 heavy (non-hydrogen) atoms. The zero-order chi connectivity index (χ0) is 17.9. The molecule has 2 aromatic carbocycles. The van der Waals surface area contributed by atoms with Crippen LogP contribution in [0.1, 0.15) is 11.5 Å². The van der Waals surface area contributed by atoms with E-state index in [1.165, 1.54) is 5.56 Å². The number of nitrogens with zero attached hydrogens (tertiary/aromatic N) is 2. The Labute approximate surface area is 150 Å². The highest BCUT2D eigenvalue weighted by atomic mass is 16.5. The lowest BCUT2D eigenvalue weighted by Crippen LogP contribution is -2.37. The van der Waals surface area contributed by atoms with Crippen LogP contribution < -0.4 is 15.4 Å². The Morgan fingerprint density at radius 2 is 2.12 bits per heavy atom. The van der Waals surface area contributed by atoms with Crippen LogP contribution in [-0.2, 0) is 6.42 Å². The van der Waals surface area contributed by atoms with Crippen molar-refractivity contribution in [3.8, 4) is 17.1 Å². The second-order valence-corrected chi connectivity index (χ2v) is 6.10. The van der Waals surface area contributed by atoms with Crippen LogP contribution >= 0.6 is 0 Å². The van der Waals surface area contributed by atoms with Gasteiger partial charge < -0.3 is 19.9 Å². The monoisotopic (exact) mass is 350 g/mol. The number of ether oxygens (including phenoxy) is 1. The molecule has 0 saturated carbocycles. The molecule has 0 bridgehead atoms. The van der Waals surface area contributed by atoms with E-state index in [-0.39, 0.29) is 12.1 Å². The first kappa shape index (κ1) is 16.1. The summed E-state index contributed by atoms with van der Waals surface area (Å²) in [5.41, 5.74) is 2.59. The maximum atomic E-state index is 12.2. The van der Waals surface area contributed by atoms with E-state index in [1.807, 2.05) is 36.4 Å². The summed E-state index contributed by atoms with van der Waals surface area (Å²) in [6.45, 7) is 2.17. The number of hydrogen-bond acceptors (Lipinski definition) is 5. The molecule has 0 unspecified atom stereocenters. The van der Waals surface area contributed by atoms with Gasteiger partial charge in [0.25, 0.3) is 0 Å². The van der Waals surface area contributed by atoms with Crippen molar-refractivity contribution in [3.63, 3.8) is 0 Å². The van der Waals surface area contributed by atoms with Crippen LogP contribution in [0.2, 0.25) is 0 Å². The van der Waals surface area contributed by atoms with Crippen molar-refractivity contribution in [1.82, 2.24) is 15.5 Å². The van der Waals surface area contributed by atoms with Gasteiger partial charge in [-0.25, -0.2) is 4.79 Å². The number of fused-ring (bicyclic) bond motifs is 1. The predicted octanol–water partition coefficient (Wildman–Crippen LogP) is 3.17. The van der Waals surface area contributed by atoms with Crippen molar-refractivity contribution < 1.29 is 14.1 Å². The van der Waals surface area contributed by atoms with Gasteiger partial charge in [-0.15, -0.1) is 0 Å². The number of rotatable bonds is 4. The van der Waals surface area contributed by atoms with Crippen LogP contribution in [0, 0.1) is 6.92 Å². The lowest BCUT2D eigenvalue weighted by atomic mass is 10.1. The van der Waals surface area contributed by atoms with Gasteiger partial charge in [-0.2, -0.15) is 4.98 Å². The molecular weight excluding hydrogens is 332 g/mol. The quantitative estimate of drug-likeness (QED) is 0.754. The molecular formula is C19H18N4O3. The largest absolute Gasteiger partial charge is 0.488 e. The van der Waals surface area contributed by atoms with E-state index in [0.717, 1.165) is 17.7 Å². The molecule has 2 amide bonds. The molecule has 0 radical (unpaired) electrons. The Morgan fingerprint density at radius 1 is 1.23 bits per heavy atom. The summed E-state index contributed by atoms with van der Waals surface area (Å²) >= 11 is 0. The standard InChI is InChI=1S/C19H18N4O3/c1-12-21-18(23-26-12)14-6-4-7-15(9-14)22-19(24)20-11-16-10-13-5-2-3-8-17(13)25-16/h2-9,16H,10-11H2,1H3,(H2,20,22,24)/t16-/m0/s1. The normalized spacial score (nSPS) is 15.2. The SMILES string of the molecule is Cc1nc(-c2cccc(NC(=O)NC[C@@H]3Cc4ccccc4O3)c2)no1. The summed E-state index contributed by atoms with van der Waals surface area (Å²) in [5, 5.41) is 9.54. The van der Waals surface area contributed by atoms with Crippen molar-refractivity contribution in [2.45, 2.75) is 19.4 Å². The first-order chi connectivity index (χ1) is 12.7. The minimum absolute atomic E-state index is 0.0493. The van der Waals surface area contributed by atoms with Crippen LogP contribution in [0.25, 0.3) is 11.4 Å². The number of benzene rings is 2. The molecule has 132 valence electrons. The maximum absolute atomic E-state index is 12.2. The molecule has 0 fully saturated rings. The summed E-state index contributed by atoms with van der Waals surface area (Å²) in [7, 11) is 0. The average molecular weight is 350 g/mol. The van der Waals surface area contributed by atoms with Crippen molar-refractivity contribution in [2.24, 2.45) is 0 Å². The molecule has 4 rings (SSSR count). The molecule has 0 saturated heterocycles. The summed E-state index contributed by atoms with van der Waals surface area (Å²) < 4.78 is 10.8. The molecule has 7 heteroatoms. The number of hydrogen-bond donors (Lipinski definition) is 2. The molecule has 1 aliphatic rings. The molecule has 2 heterocycles. The van der Waals surface area contributed by atoms with Gasteiger partial charge in [0.05, 0.1) is 6.54 Å². The number of carbonyl (C=O) groups is 1. The van der Waals surface area contributed by atoms with Crippen LogP contribution in [0.4, 0.5) is 10.5 Å². The molecule has 1 atom stereocenters. The van der Waals surface area contributed by atoms with E-state index in [0.29, 0.717) is 23.9 Å². The van der Waals surface area contributed by atoms with Crippen molar-refractivity contribution >= 4 is 11.7 Å². The summed E-state index contributed by atoms with van der Waals surface area (Å²) in [6, 6.07) is 14.9. The van der Waals surface area contributed by atoms with Gasteiger partial charge in [0, 0.05) is 24.6 Å². The van der Waals surface area contributed by atoms with Gasteiger partial charge in [0.15, 0.2) is 0 Å². The van der Waals surface area contributed by atoms with Crippen LogP contribution in [0.3, 0.4) is 0 Å². The molecule has 1 aliphatic heterocycles. The van der Waals surface area contributed by atoms with Gasteiger partial charge in [0.1, 0.15) is 11.9 Å². The van der Waals surface area contributed by atoms with E-state index in [2.05, 4.69) is 20.8 Å². The smallest absolute Gasteiger partial charge is 0.319 e. The molecule has 2 N–H and O–H groups in total. The first-order valence-electron chi connectivity index (χ1n) is 8.37. The fourth-order valence-electron chi connectivity index (χ4n) is 2.90. The number of para-hydroxylation sites is 1. The summed E-state index contributed by atoms with van der Waals surface area (Å²) in [6.07, 6.45) is 0.745. The van der Waals surface area contributed by atoms with Crippen molar-refractivity contribution in [1.29, 1.82) is 0 Å². The Bertz CT molecular complexity index is 913. The maximum Gasteiger partial charge on any atom is 0.319 e. The van der Waals surface area contributed by atoms with Gasteiger partial charge in [-0.1, -0.05) is 35.5 Å². The third kappa shape index (κ3) is 3.51. The number of amides is 2. The zero-order valence-corrected chi connectivity index (χ0v) is 14.2. The topological polar surface area (TPSA) is 89.3 Å². The molecule has 0 aliphatic carbocycles. The highest BCUT2D eigenvalue weighted by molar-refractivity contribution is 5.89. The molecule has 3 aromatic rings. The number of nitrogens with one attached hydrogen (secondary N) is 2. The number of carbonyl (C=O) groups excluding carboxylic acids is 1. The Morgan fingerprint density at radius 3 is 2.92 bits per heavy atom. The lowest BCUT2D eigenvalue weighted by Gasteiger charge is -2.13. The Hall–Kier alpha value is -3.35. The fourth-order valence-corrected chi connectivity index (χ4v) is 2.90. The predicted molar refractivity (Wildman–Crippen MR) is 96.1 cm³/mol. The minimum Gasteiger partial charge on any atom is -0.488 e. The minimum atomic E-state index is -0.286. The van der Waals surface area contributed by atoms with E-state index < -0.39 is 0 Å². The number of anilines is 1. The number of aryl methyl sites for hydroxylation is 1. The first-order valence-corrected chi connectivity index (χ1v) is 8.37. The van der Waals surface area contributed by atoms with E-state index in [9.17, 15) is 4.79 Å². The molecule has 0 spiro atoms. The molecule has 7 nitrogen and oxygen atoms in total. The van der Waals surface area contributed by atoms with E-state index in [4.69, 9.17) is 9.26 Å². The van der Waals surface area contributed by atoms with E-state index in [1.54, 1.807) is 19.1 Å². The van der Waals surface area contributed by atoms with Crippen molar-refractivity contribution in [3.05, 3.63) is 60.0 Å². The molecule has 1 aromatic heterocycles. The van der Waals surface area contributed by atoms with Crippen LogP contribution in [0.5, 0.6) is 5.75 Å². The van der Waals surface area contributed by atoms with Crippen LogP contribution in [-0.4, -0.2) is 28.8 Å². The van der Waals surface area contributed by atoms with Crippen LogP contribution in [0.15, 0.2) is 53.1 Å². The Kier molecular flexibility index (Phi) is 4.27. The fraction of sp³-hybridized carbons (Fsp3) is 0.211. The summed E-state index contributed by atoms with van der Waals surface area (Å²) in [5.74, 6) is 1.88. The van der Waals surface area contributed by atoms with Crippen molar-refractivity contribution in [2.75, 3.05) is 11.9 Å². The third-order valence-corrected chi connectivity index (χ3v) is 4.11. The zero-order valence-electron chi connectivity index (χ0n) is 14.2. The van der Waals surface area contributed by atoms with Gasteiger partial charge >= 0.3 is 6.03 Å². The second-order valence-electron chi connectivity index (χ2n) is 6.10. The van der Waals surface area contributed by atoms with Gasteiger partial charge in [-0.3, -0.25) is 0 Å². The lowest BCUT2D eigenvalue weighted by molar-refractivity contribution is 0.219. The highest BCUT2D eigenvalue weighted by Gasteiger charge is 2.22. The summed E-state index contributed by atoms with van der Waals surface area (Å²) in [4.78, 5) is 16.4. The average Bonchev–Trinajstić information content (AvgIpc) is 3.26.